The fraction of sp³-hybridized carbons (Fsp3) is 0.0345. The number of hydrogen-bond donors (Lipinski definition) is 1. The highest BCUT2D eigenvalue weighted by Crippen LogP contribution is 2.38. The first kappa shape index (κ1) is 23.1. The molecule has 0 spiro atoms. The van der Waals surface area contributed by atoms with Crippen LogP contribution in [0.2, 0.25) is 0 Å². The molecule has 4 aromatic carbocycles. The Kier molecular flexibility index (Phi) is 7.12. The summed E-state index contributed by atoms with van der Waals surface area (Å²) in [6.07, 6.45) is 0. The number of thioether (sulfide) groups is 1. The normalized spacial score (nSPS) is 10.8. The lowest BCUT2D eigenvalue weighted by Gasteiger charge is -2.13. The maximum atomic E-state index is 12.8. The highest BCUT2D eigenvalue weighted by molar-refractivity contribution is 9.10. The van der Waals surface area contributed by atoms with Crippen molar-refractivity contribution < 1.29 is 4.79 Å². The molecule has 172 valence electrons. The number of aromatic nitrogens is 2. The van der Waals surface area contributed by atoms with E-state index >= 15 is 0 Å². The van der Waals surface area contributed by atoms with Crippen LogP contribution in [0.1, 0.15) is 0 Å². The average molecular weight is 540 g/mol. The predicted molar refractivity (Wildman–Crippen MR) is 148 cm³/mol. The molecule has 5 aromatic rings. The lowest BCUT2D eigenvalue weighted by atomic mass is 10.0. The molecule has 0 radical (unpaired) electrons. The highest BCUT2D eigenvalue weighted by atomic mass is 79.9. The number of nitrogens with one attached hydrogen (secondary N) is 1. The van der Waals surface area contributed by atoms with Crippen LogP contribution in [0.3, 0.4) is 0 Å². The molecule has 0 fully saturated rings. The SMILES string of the molecule is O=C(CSc1nc(-c2ccccc2)c(-c2ccccc2)n1-c1ccccc1)Nc1ccc(Br)cc1. The molecule has 1 aromatic heterocycles. The summed E-state index contributed by atoms with van der Waals surface area (Å²) < 4.78 is 3.12. The van der Waals surface area contributed by atoms with Crippen molar-refractivity contribution in [2.24, 2.45) is 0 Å². The Morgan fingerprint density at radius 1 is 0.771 bits per heavy atom. The van der Waals surface area contributed by atoms with Crippen molar-refractivity contribution in [2.45, 2.75) is 5.16 Å². The van der Waals surface area contributed by atoms with E-state index in [0.717, 1.165) is 43.5 Å². The van der Waals surface area contributed by atoms with Crippen LogP contribution in [0.5, 0.6) is 0 Å². The van der Waals surface area contributed by atoms with Crippen LogP contribution in [-0.2, 0) is 4.79 Å². The van der Waals surface area contributed by atoms with E-state index in [-0.39, 0.29) is 11.7 Å². The zero-order valence-corrected chi connectivity index (χ0v) is 21.2. The predicted octanol–water partition coefficient (Wildman–Crippen LogP) is 7.70. The number of hydrogen-bond acceptors (Lipinski definition) is 3. The van der Waals surface area contributed by atoms with Gasteiger partial charge in [0.2, 0.25) is 5.91 Å². The summed E-state index contributed by atoms with van der Waals surface area (Å²) in [6.45, 7) is 0. The number of nitrogens with zero attached hydrogens (tertiary/aromatic N) is 2. The van der Waals surface area contributed by atoms with Crippen molar-refractivity contribution in [3.05, 3.63) is 120 Å². The molecule has 0 bridgehead atoms. The van der Waals surface area contributed by atoms with Crippen LogP contribution >= 0.6 is 27.7 Å². The summed E-state index contributed by atoms with van der Waals surface area (Å²) in [5.74, 6) is 0.157. The summed E-state index contributed by atoms with van der Waals surface area (Å²) in [5, 5.41) is 3.73. The van der Waals surface area contributed by atoms with Gasteiger partial charge in [0.25, 0.3) is 0 Å². The van der Waals surface area contributed by atoms with E-state index in [1.807, 2.05) is 78.9 Å². The van der Waals surface area contributed by atoms with Gasteiger partial charge in [-0.1, -0.05) is 107 Å². The molecular formula is C29H22BrN3OS. The standard InChI is InChI=1S/C29H22BrN3OS/c30-23-16-18-24(19-17-23)31-26(34)20-35-29-32-27(21-10-4-1-5-11-21)28(22-12-6-2-7-13-22)33(29)25-14-8-3-9-15-25/h1-19H,20H2,(H,31,34). The molecule has 1 amide bonds. The second-order valence-electron chi connectivity index (χ2n) is 7.84. The Morgan fingerprint density at radius 3 is 1.97 bits per heavy atom. The Bertz CT molecular complexity index is 1420. The molecule has 5 rings (SSSR count). The van der Waals surface area contributed by atoms with Gasteiger partial charge in [-0.05, 0) is 36.4 Å². The molecule has 0 aliphatic carbocycles. The van der Waals surface area contributed by atoms with Gasteiger partial charge in [-0.15, -0.1) is 0 Å². The summed E-state index contributed by atoms with van der Waals surface area (Å²) in [4.78, 5) is 17.8. The first-order valence-corrected chi connectivity index (χ1v) is 12.9. The van der Waals surface area contributed by atoms with Gasteiger partial charge in [0.15, 0.2) is 5.16 Å². The van der Waals surface area contributed by atoms with Gasteiger partial charge < -0.3 is 5.32 Å². The van der Waals surface area contributed by atoms with E-state index in [1.54, 1.807) is 0 Å². The van der Waals surface area contributed by atoms with E-state index in [9.17, 15) is 4.79 Å². The lowest BCUT2D eigenvalue weighted by molar-refractivity contribution is -0.113. The maximum Gasteiger partial charge on any atom is 0.234 e. The van der Waals surface area contributed by atoms with Crippen molar-refractivity contribution in [3.63, 3.8) is 0 Å². The quantitative estimate of drug-likeness (QED) is 0.215. The van der Waals surface area contributed by atoms with Gasteiger partial charge in [-0.2, -0.15) is 0 Å². The zero-order chi connectivity index (χ0) is 24.0. The number of halogens is 1. The van der Waals surface area contributed by atoms with Gasteiger partial charge >= 0.3 is 0 Å². The molecule has 0 atom stereocenters. The number of benzene rings is 4. The second kappa shape index (κ2) is 10.8. The number of carbonyl (C=O) groups excluding carboxylic acids is 1. The number of imidazole rings is 1. The fourth-order valence-corrected chi connectivity index (χ4v) is 4.91. The first-order valence-electron chi connectivity index (χ1n) is 11.2. The van der Waals surface area contributed by atoms with E-state index in [2.05, 4.69) is 62.2 Å². The first-order chi connectivity index (χ1) is 17.2. The highest BCUT2D eigenvalue weighted by Gasteiger charge is 2.22. The minimum absolute atomic E-state index is 0.0811. The van der Waals surface area contributed by atoms with E-state index in [4.69, 9.17) is 4.98 Å². The number of anilines is 1. The second-order valence-corrected chi connectivity index (χ2v) is 9.70. The van der Waals surface area contributed by atoms with E-state index < -0.39 is 0 Å². The molecule has 0 unspecified atom stereocenters. The minimum Gasteiger partial charge on any atom is -0.325 e. The molecule has 0 saturated heterocycles. The molecule has 1 heterocycles. The summed E-state index contributed by atoms with van der Waals surface area (Å²) >= 11 is 4.85. The number of amides is 1. The maximum absolute atomic E-state index is 12.8. The number of para-hydroxylation sites is 1. The van der Waals surface area contributed by atoms with Crippen LogP contribution in [0.4, 0.5) is 5.69 Å². The van der Waals surface area contributed by atoms with Crippen molar-refractivity contribution in [1.29, 1.82) is 0 Å². The number of carbonyl (C=O) groups is 1. The molecule has 0 aliphatic rings. The van der Waals surface area contributed by atoms with Crippen molar-refractivity contribution in [3.8, 4) is 28.2 Å². The Hall–Kier alpha value is -3.61. The minimum atomic E-state index is -0.0811. The fourth-order valence-electron chi connectivity index (χ4n) is 3.83. The van der Waals surface area contributed by atoms with Crippen molar-refractivity contribution >= 4 is 39.3 Å². The topological polar surface area (TPSA) is 46.9 Å². The van der Waals surface area contributed by atoms with Crippen LogP contribution < -0.4 is 5.32 Å². The third kappa shape index (κ3) is 5.39. The van der Waals surface area contributed by atoms with Gasteiger partial charge in [-0.3, -0.25) is 9.36 Å². The average Bonchev–Trinajstić information content (AvgIpc) is 3.30. The van der Waals surface area contributed by atoms with E-state index in [0.29, 0.717) is 0 Å². The largest absolute Gasteiger partial charge is 0.325 e. The van der Waals surface area contributed by atoms with Gasteiger partial charge in [0.05, 0.1) is 17.1 Å². The summed E-state index contributed by atoms with van der Waals surface area (Å²) in [5.41, 5.74) is 5.74. The van der Waals surface area contributed by atoms with Crippen LogP contribution in [0, 0.1) is 0 Å². The van der Waals surface area contributed by atoms with Crippen LogP contribution in [0.15, 0.2) is 125 Å². The third-order valence-electron chi connectivity index (χ3n) is 5.42. The van der Waals surface area contributed by atoms with Gasteiger partial charge in [0.1, 0.15) is 0 Å². The van der Waals surface area contributed by atoms with Gasteiger partial charge in [-0.25, -0.2) is 4.98 Å². The smallest absolute Gasteiger partial charge is 0.234 e. The summed E-state index contributed by atoms with van der Waals surface area (Å²) in [7, 11) is 0. The molecule has 1 N–H and O–H groups in total. The van der Waals surface area contributed by atoms with Crippen molar-refractivity contribution in [2.75, 3.05) is 11.1 Å². The molecular weight excluding hydrogens is 518 g/mol. The lowest BCUT2D eigenvalue weighted by Crippen LogP contribution is -2.14. The summed E-state index contributed by atoms with van der Waals surface area (Å²) in [6, 6.07) is 38.2. The molecule has 6 heteroatoms. The van der Waals surface area contributed by atoms with Crippen LogP contribution in [0.25, 0.3) is 28.2 Å². The Labute approximate surface area is 217 Å². The molecule has 35 heavy (non-hydrogen) atoms. The van der Waals surface area contributed by atoms with Crippen LogP contribution in [-0.4, -0.2) is 21.2 Å². The molecule has 0 saturated carbocycles. The van der Waals surface area contributed by atoms with Crippen molar-refractivity contribution in [1.82, 2.24) is 9.55 Å². The Morgan fingerprint density at radius 2 is 1.34 bits per heavy atom. The van der Waals surface area contributed by atoms with E-state index in [1.165, 1.54) is 11.8 Å². The van der Waals surface area contributed by atoms with Gasteiger partial charge in [0, 0.05) is 27.0 Å². The third-order valence-corrected chi connectivity index (χ3v) is 6.88. The number of rotatable bonds is 7. The zero-order valence-electron chi connectivity index (χ0n) is 18.8. The molecule has 4 nitrogen and oxygen atoms in total. The monoisotopic (exact) mass is 539 g/mol. The Balaban J connectivity index is 1.55. The molecule has 0 aliphatic heterocycles.